The number of benzene rings is 1. The molecule has 2 N–H and O–H groups in total. The van der Waals surface area contributed by atoms with Gasteiger partial charge in [-0.1, -0.05) is 18.2 Å². The number of hydrogen-bond acceptors (Lipinski definition) is 4. The molecule has 0 saturated carbocycles. The van der Waals surface area contributed by atoms with Crippen LogP contribution >= 0.6 is 0 Å². The number of furan rings is 1. The lowest BCUT2D eigenvalue weighted by molar-refractivity contribution is 0.0676. The van der Waals surface area contributed by atoms with Crippen LogP contribution in [0.1, 0.15) is 23.4 Å². The van der Waals surface area contributed by atoms with Crippen LogP contribution in [-0.2, 0) is 0 Å². The average Bonchev–Trinajstić information content (AvgIpc) is 3.21. The molecule has 1 aromatic heterocycles. The van der Waals surface area contributed by atoms with Crippen molar-refractivity contribution in [2.45, 2.75) is 18.9 Å². The van der Waals surface area contributed by atoms with Gasteiger partial charge >= 0.3 is 6.03 Å². The molecule has 1 fully saturated rings. The van der Waals surface area contributed by atoms with Crippen LogP contribution in [0.3, 0.4) is 0 Å². The molecule has 7 heteroatoms. The predicted molar refractivity (Wildman–Crippen MR) is 96.1 cm³/mol. The summed E-state index contributed by atoms with van der Waals surface area (Å²) < 4.78 is 10.7. The van der Waals surface area contributed by atoms with Gasteiger partial charge in [0, 0.05) is 19.1 Å². The fourth-order valence-electron chi connectivity index (χ4n) is 2.87. The largest absolute Gasteiger partial charge is 0.492 e. The van der Waals surface area contributed by atoms with Crippen molar-refractivity contribution in [2.24, 2.45) is 0 Å². The molecule has 0 spiro atoms. The molecule has 3 amide bonds. The number of likely N-dealkylation sites (tertiary alicyclic amines) is 1. The van der Waals surface area contributed by atoms with Gasteiger partial charge in [0.15, 0.2) is 5.76 Å². The number of urea groups is 1. The van der Waals surface area contributed by atoms with Crippen LogP contribution < -0.4 is 15.4 Å². The van der Waals surface area contributed by atoms with Gasteiger partial charge in [-0.15, -0.1) is 0 Å². The zero-order chi connectivity index (χ0) is 18.2. The van der Waals surface area contributed by atoms with Crippen molar-refractivity contribution in [2.75, 3.05) is 26.2 Å². The minimum absolute atomic E-state index is 0.0608. The van der Waals surface area contributed by atoms with E-state index in [-0.39, 0.29) is 18.0 Å². The summed E-state index contributed by atoms with van der Waals surface area (Å²) in [5.74, 6) is 1.03. The number of rotatable bonds is 6. The summed E-state index contributed by atoms with van der Waals surface area (Å²) in [6.07, 6.45) is 2.94. The first-order valence-corrected chi connectivity index (χ1v) is 8.77. The van der Waals surface area contributed by atoms with Crippen molar-refractivity contribution < 1.29 is 18.7 Å². The van der Waals surface area contributed by atoms with Crippen LogP contribution in [0.4, 0.5) is 4.79 Å². The van der Waals surface area contributed by atoms with Crippen LogP contribution in [0.15, 0.2) is 53.1 Å². The molecule has 0 atom stereocenters. The molecule has 0 unspecified atom stereocenters. The number of nitrogens with one attached hydrogen (secondary N) is 2. The third-order valence-electron chi connectivity index (χ3n) is 4.25. The van der Waals surface area contributed by atoms with E-state index in [1.807, 2.05) is 30.3 Å². The van der Waals surface area contributed by atoms with Crippen molar-refractivity contribution in [1.29, 1.82) is 0 Å². The summed E-state index contributed by atoms with van der Waals surface area (Å²) in [7, 11) is 0. The summed E-state index contributed by atoms with van der Waals surface area (Å²) in [6, 6.07) is 12.7. The number of hydrogen-bond donors (Lipinski definition) is 2. The molecule has 2 heterocycles. The van der Waals surface area contributed by atoms with E-state index in [0.717, 1.165) is 18.6 Å². The topological polar surface area (TPSA) is 83.8 Å². The molecule has 3 rings (SSSR count). The Balaban J connectivity index is 1.31. The minimum atomic E-state index is -0.211. The van der Waals surface area contributed by atoms with Crippen LogP contribution in [0, 0.1) is 0 Å². The molecule has 0 radical (unpaired) electrons. The van der Waals surface area contributed by atoms with E-state index in [1.54, 1.807) is 17.0 Å². The maximum atomic E-state index is 12.2. The normalized spacial score (nSPS) is 14.7. The average molecular weight is 357 g/mol. The van der Waals surface area contributed by atoms with E-state index in [2.05, 4.69) is 10.6 Å². The molecule has 2 aromatic rings. The van der Waals surface area contributed by atoms with Crippen LogP contribution in [0.2, 0.25) is 0 Å². The standard InChI is InChI=1S/C19H23N3O4/c23-18(17-7-4-13-26-17)22-11-8-15(9-12-22)21-19(24)20-10-14-25-16-5-2-1-3-6-16/h1-7,13,15H,8-12,14H2,(H2,20,21,24). The molecule has 26 heavy (non-hydrogen) atoms. The number of carbonyl (C=O) groups is 2. The molecule has 1 aromatic carbocycles. The zero-order valence-corrected chi connectivity index (χ0v) is 14.5. The molecule has 7 nitrogen and oxygen atoms in total. The number of amides is 3. The van der Waals surface area contributed by atoms with E-state index in [9.17, 15) is 9.59 Å². The Hall–Kier alpha value is -2.96. The van der Waals surface area contributed by atoms with E-state index in [4.69, 9.17) is 9.15 Å². The van der Waals surface area contributed by atoms with Gasteiger partial charge in [-0.2, -0.15) is 0 Å². The Morgan fingerprint density at radius 1 is 1.12 bits per heavy atom. The second-order valence-electron chi connectivity index (χ2n) is 6.11. The first-order valence-electron chi connectivity index (χ1n) is 8.77. The van der Waals surface area contributed by atoms with Gasteiger partial charge in [-0.05, 0) is 37.1 Å². The van der Waals surface area contributed by atoms with Gasteiger partial charge in [0.25, 0.3) is 5.91 Å². The van der Waals surface area contributed by atoms with Crippen molar-refractivity contribution in [3.63, 3.8) is 0 Å². The smallest absolute Gasteiger partial charge is 0.315 e. The number of ether oxygens (including phenoxy) is 1. The third kappa shape index (κ3) is 5.02. The van der Waals surface area contributed by atoms with Crippen molar-refractivity contribution in [3.05, 3.63) is 54.5 Å². The Morgan fingerprint density at radius 2 is 1.88 bits per heavy atom. The Bertz CT molecular complexity index is 695. The Morgan fingerprint density at radius 3 is 2.58 bits per heavy atom. The maximum Gasteiger partial charge on any atom is 0.315 e. The molecule has 0 aliphatic carbocycles. The highest BCUT2D eigenvalue weighted by Gasteiger charge is 2.25. The number of nitrogens with zero attached hydrogens (tertiary/aromatic N) is 1. The lowest BCUT2D eigenvalue weighted by Gasteiger charge is -2.31. The molecule has 1 aliphatic heterocycles. The summed E-state index contributed by atoms with van der Waals surface area (Å²) in [6.45, 7) is 2.03. The second kappa shape index (κ2) is 8.94. The number of carbonyl (C=O) groups excluding carboxylic acids is 2. The van der Waals surface area contributed by atoms with E-state index >= 15 is 0 Å². The minimum Gasteiger partial charge on any atom is -0.492 e. The third-order valence-corrected chi connectivity index (χ3v) is 4.25. The second-order valence-corrected chi connectivity index (χ2v) is 6.11. The summed E-state index contributed by atoms with van der Waals surface area (Å²) in [4.78, 5) is 25.9. The predicted octanol–water partition coefficient (Wildman–Crippen LogP) is 2.26. The molecular formula is C19H23N3O4. The van der Waals surface area contributed by atoms with Crippen molar-refractivity contribution in [1.82, 2.24) is 15.5 Å². The van der Waals surface area contributed by atoms with Crippen LogP contribution in [0.25, 0.3) is 0 Å². The van der Waals surface area contributed by atoms with E-state index in [0.29, 0.717) is 32.0 Å². The Labute approximate surface area is 152 Å². The summed E-state index contributed by atoms with van der Waals surface area (Å²) in [5, 5.41) is 5.73. The first kappa shape index (κ1) is 17.8. The van der Waals surface area contributed by atoms with Gasteiger partial charge in [-0.3, -0.25) is 4.79 Å². The van der Waals surface area contributed by atoms with Crippen molar-refractivity contribution in [3.8, 4) is 5.75 Å². The first-order chi connectivity index (χ1) is 12.7. The summed E-state index contributed by atoms with van der Waals surface area (Å²) in [5.41, 5.74) is 0. The molecule has 1 aliphatic rings. The monoisotopic (exact) mass is 357 g/mol. The van der Waals surface area contributed by atoms with Gasteiger partial charge in [0.2, 0.25) is 0 Å². The molecule has 138 valence electrons. The molecular weight excluding hydrogens is 334 g/mol. The van der Waals surface area contributed by atoms with Crippen molar-refractivity contribution >= 4 is 11.9 Å². The van der Waals surface area contributed by atoms with Gasteiger partial charge < -0.3 is 24.7 Å². The lowest BCUT2D eigenvalue weighted by Crippen LogP contribution is -2.49. The van der Waals surface area contributed by atoms with E-state index < -0.39 is 0 Å². The Kier molecular flexibility index (Phi) is 6.14. The highest BCUT2D eigenvalue weighted by atomic mass is 16.5. The quantitative estimate of drug-likeness (QED) is 0.777. The zero-order valence-electron chi connectivity index (χ0n) is 14.5. The SMILES string of the molecule is O=C(NCCOc1ccccc1)NC1CCN(C(=O)c2ccco2)CC1. The van der Waals surface area contributed by atoms with Gasteiger partial charge in [0.05, 0.1) is 12.8 Å². The fourth-order valence-corrected chi connectivity index (χ4v) is 2.87. The molecule has 1 saturated heterocycles. The van der Waals surface area contributed by atoms with Gasteiger partial charge in [0.1, 0.15) is 12.4 Å². The van der Waals surface area contributed by atoms with Crippen LogP contribution in [0.5, 0.6) is 5.75 Å². The number of piperidine rings is 1. The highest BCUT2D eigenvalue weighted by Crippen LogP contribution is 2.14. The van der Waals surface area contributed by atoms with Gasteiger partial charge in [-0.25, -0.2) is 4.79 Å². The van der Waals surface area contributed by atoms with E-state index in [1.165, 1.54) is 6.26 Å². The van der Waals surface area contributed by atoms with Crippen LogP contribution in [-0.4, -0.2) is 49.1 Å². The maximum absolute atomic E-state index is 12.2. The lowest BCUT2D eigenvalue weighted by atomic mass is 10.1. The molecule has 0 bridgehead atoms. The highest BCUT2D eigenvalue weighted by molar-refractivity contribution is 5.91. The number of para-hydroxylation sites is 1. The summed E-state index contributed by atoms with van der Waals surface area (Å²) >= 11 is 0. The fraction of sp³-hybridized carbons (Fsp3) is 0.368.